The van der Waals surface area contributed by atoms with Crippen LogP contribution in [0.2, 0.25) is 0 Å². The molecule has 2 N–H and O–H groups in total. The molecular weight excluding hydrogens is 536 g/mol. The first-order chi connectivity index (χ1) is 18.1. The topological polar surface area (TPSA) is 58.2 Å². The standard InChI is InChI=1S/C14H12FNO.C11H8F7NO.C2H6/c1-10-6-5-9-12(13(10)15)16-14(17)11-7-3-2-4-8-11;1-6-4-7(2-3-8(6)19-5-20)9(12,10(13,14)15)11(16,17)18;1-2/h2-9H,1H3,(H,16,17);2-5H,1H3,(H,19,20);1-2H3. The molecule has 0 saturated heterocycles. The number of hydrogen-bond acceptors (Lipinski definition) is 2. The predicted molar refractivity (Wildman–Crippen MR) is 133 cm³/mol. The van der Waals surface area contributed by atoms with E-state index in [0.29, 0.717) is 23.3 Å². The molecule has 3 aromatic carbocycles. The molecule has 0 unspecified atom stereocenters. The number of carbonyl (C=O) groups is 2. The smallest absolute Gasteiger partial charge is 0.328 e. The van der Waals surface area contributed by atoms with Gasteiger partial charge in [0.2, 0.25) is 6.41 Å². The number of rotatable bonds is 5. The molecule has 2 amide bonds. The highest BCUT2D eigenvalue weighted by atomic mass is 19.4. The Morgan fingerprint density at radius 3 is 1.79 bits per heavy atom. The highest BCUT2D eigenvalue weighted by Crippen LogP contribution is 2.53. The van der Waals surface area contributed by atoms with Gasteiger partial charge >= 0.3 is 18.0 Å². The number of alkyl halides is 7. The Balaban J connectivity index is 0.000000370. The van der Waals surface area contributed by atoms with Crippen molar-refractivity contribution in [3.8, 4) is 0 Å². The van der Waals surface area contributed by atoms with Crippen molar-refractivity contribution in [1.29, 1.82) is 0 Å². The third kappa shape index (κ3) is 8.01. The average molecular weight is 563 g/mol. The van der Waals surface area contributed by atoms with Gasteiger partial charge in [0.1, 0.15) is 5.82 Å². The average Bonchev–Trinajstić information content (AvgIpc) is 2.88. The summed E-state index contributed by atoms with van der Waals surface area (Å²) in [5.41, 5.74) is -5.99. The first kappa shape index (κ1) is 33.1. The molecule has 0 atom stereocenters. The summed E-state index contributed by atoms with van der Waals surface area (Å²) in [6, 6.07) is 15.1. The number of nitrogens with one attached hydrogen (secondary N) is 2. The fourth-order valence-electron chi connectivity index (χ4n) is 3.12. The quantitative estimate of drug-likeness (QED) is 0.243. The number of carbonyl (C=O) groups excluding carboxylic acids is 2. The largest absolute Gasteiger partial charge is 0.435 e. The number of benzene rings is 3. The van der Waals surface area contributed by atoms with Crippen LogP contribution in [0.25, 0.3) is 0 Å². The summed E-state index contributed by atoms with van der Waals surface area (Å²) >= 11 is 0. The minimum absolute atomic E-state index is 0.0181. The maximum Gasteiger partial charge on any atom is 0.435 e. The van der Waals surface area contributed by atoms with Crippen LogP contribution in [0.4, 0.5) is 46.5 Å². The van der Waals surface area contributed by atoms with E-state index in [-0.39, 0.29) is 29.3 Å². The number of amides is 2. The van der Waals surface area contributed by atoms with E-state index in [1.165, 1.54) is 0 Å². The van der Waals surface area contributed by atoms with E-state index in [1.807, 2.05) is 19.9 Å². The Morgan fingerprint density at radius 1 is 0.744 bits per heavy atom. The van der Waals surface area contributed by atoms with Crippen molar-refractivity contribution < 1.29 is 44.7 Å². The van der Waals surface area contributed by atoms with Gasteiger partial charge in [0, 0.05) is 16.8 Å². The molecule has 0 aliphatic rings. The molecule has 4 nitrogen and oxygen atoms in total. The Morgan fingerprint density at radius 2 is 1.31 bits per heavy atom. The van der Waals surface area contributed by atoms with Crippen LogP contribution in [0.1, 0.15) is 40.9 Å². The van der Waals surface area contributed by atoms with Gasteiger partial charge < -0.3 is 10.6 Å². The van der Waals surface area contributed by atoms with Crippen LogP contribution in [0, 0.1) is 19.7 Å². The second-order valence-electron chi connectivity index (χ2n) is 7.70. The van der Waals surface area contributed by atoms with E-state index in [4.69, 9.17) is 0 Å². The lowest BCUT2D eigenvalue weighted by Gasteiger charge is -2.30. The van der Waals surface area contributed by atoms with Crippen molar-refractivity contribution in [3.05, 3.63) is 94.8 Å². The molecule has 0 fully saturated rings. The van der Waals surface area contributed by atoms with E-state index < -0.39 is 29.4 Å². The molecule has 0 spiro atoms. The first-order valence-electron chi connectivity index (χ1n) is 11.4. The zero-order chi connectivity index (χ0) is 30.0. The molecule has 3 aromatic rings. The summed E-state index contributed by atoms with van der Waals surface area (Å²) in [7, 11) is 0. The van der Waals surface area contributed by atoms with Crippen molar-refractivity contribution in [2.24, 2.45) is 0 Å². The molecule has 0 radical (unpaired) electrons. The van der Waals surface area contributed by atoms with Crippen molar-refractivity contribution in [2.45, 2.75) is 45.7 Å². The molecule has 0 aliphatic heterocycles. The van der Waals surface area contributed by atoms with E-state index >= 15 is 0 Å². The summed E-state index contributed by atoms with van der Waals surface area (Å²) in [5.74, 6) is -0.702. The highest BCUT2D eigenvalue weighted by Gasteiger charge is 2.73. The van der Waals surface area contributed by atoms with Crippen LogP contribution in [-0.2, 0) is 10.5 Å². The molecule has 0 heterocycles. The lowest BCUT2D eigenvalue weighted by molar-refractivity contribution is -0.348. The maximum atomic E-state index is 13.7. The lowest BCUT2D eigenvalue weighted by Crippen LogP contribution is -2.50. The fourth-order valence-corrected chi connectivity index (χ4v) is 3.12. The normalized spacial score (nSPS) is 11.3. The fraction of sp³-hybridized carbons (Fsp3) is 0.259. The van der Waals surface area contributed by atoms with Gasteiger partial charge in [-0.2, -0.15) is 26.3 Å². The van der Waals surface area contributed by atoms with Gasteiger partial charge in [-0.05, 0) is 49.2 Å². The Kier molecular flexibility index (Phi) is 11.6. The second-order valence-corrected chi connectivity index (χ2v) is 7.70. The summed E-state index contributed by atoms with van der Waals surface area (Å²) in [6.07, 6.45) is -12.1. The van der Waals surface area contributed by atoms with Crippen molar-refractivity contribution >= 4 is 23.7 Å². The van der Waals surface area contributed by atoms with Gasteiger partial charge in [0.15, 0.2) is 0 Å². The predicted octanol–water partition coefficient (Wildman–Crippen LogP) is 8.27. The SMILES string of the molecule is CC.Cc1cc(C(F)(C(F)(F)F)C(F)(F)F)ccc1NC=O.Cc1cccc(NC(=O)c2ccccc2)c1F. The van der Waals surface area contributed by atoms with Gasteiger partial charge in [0.25, 0.3) is 5.91 Å². The zero-order valence-electron chi connectivity index (χ0n) is 21.3. The summed E-state index contributed by atoms with van der Waals surface area (Å²) in [5, 5.41) is 4.62. The van der Waals surface area contributed by atoms with Crippen molar-refractivity contribution in [3.63, 3.8) is 0 Å². The van der Waals surface area contributed by atoms with Crippen LogP contribution in [0.15, 0.2) is 66.7 Å². The first-order valence-corrected chi connectivity index (χ1v) is 11.4. The van der Waals surface area contributed by atoms with Gasteiger partial charge in [-0.25, -0.2) is 8.78 Å². The second kappa shape index (κ2) is 13.7. The summed E-state index contributed by atoms with van der Waals surface area (Å²) in [6.45, 7) is 6.80. The summed E-state index contributed by atoms with van der Waals surface area (Å²) < 4.78 is 102. The van der Waals surface area contributed by atoms with E-state index in [2.05, 4.69) is 10.6 Å². The molecule has 0 aromatic heterocycles. The molecule has 39 heavy (non-hydrogen) atoms. The van der Waals surface area contributed by atoms with Gasteiger partial charge in [-0.15, -0.1) is 0 Å². The number of anilines is 2. The third-order valence-corrected chi connectivity index (χ3v) is 5.10. The van der Waals surface area contributed by atoms with Crippen LogP contribution in [-0.4, -0.2) is 24.7 Å². The molecule has 3 rings (SSSR count). The molecule has 0 saturated carbocycles. The van der Waals surface area contributed by atoms with Gasteiger partial charge in [0.05, 0.1) is 5.69 Å². The number of aryl methyl sites for hydroxylation is 2. The number of halogens is 8. The van der Waals surface area contributed by atoms with Crippen LogP contribution in [0.3, 0.4) is 0 Å². The lowest BCUT2D eigenvalue weighted by atomic mass is 9.92. The van der Waals surface area contributed by atoms with Crippen LogP contribution >= 0.6 is 0 Å². The van der Waals surface area contributed by atoms with E-state index in [1.54, 1.807) is 49.4 Å². The Bertz CT molecular complexity index is 1230. The summed E-state index contributed by atoms with van der Waals surface area (Å²) in [4.78, 5) is 22.0. The van der Waals surface area contributed by atoms with Crippen molar-refractivity contribution in [1.82, 2.24) is 0 Å². The minimum atomic E-state index is -6.16. The maximum absolute atomic E-state index is 13.7. The zero-order valence-corrected chi connectivity index (χ0v) is 21.3. The van der Waals surface area contributed by atoms with E-state index in [0.717, 1.165) is 13.0 Å². The van der Waals surface area contributed by atoms with E-state index in [9.17, 15) is 44.7 Å². The monoisotopic (exact) mass is 562 g/mol. The molecular formula is C27H26F8N2O2. The molecule has 12 heteroatoms. The molecule has 0 aliphatic carbocycles. The van der Waals surface area contributed by atoms with Crippen molar-refractivity contribution in [2.75, 3.05) is 10.6 Å². The van der Waals surface area contributed by atoms with Gasteiger partial charge in [-0.1, -0.05) is 56.3 Å². The highest BCUT2D eigenvalue weighted by molar-refractivity contribution is 6.04. The van der Waals surface area contributed by atoms with Crippen LogP contribution in [0.5, 0.6) is 0 Å². The van der Waals surface area contributed by atoms with Crippen LogP contribution < -0.4 is 10.6 Å². The number of hydrogen-bond donors (Lipinski definition) is 2. The minimum Gasteiger partial charge on any atom is -0.328 e. The Hall–Kier alpha value is -3.96. The third-order valence-electron chi connectivity index (χ3n) is 5.10. The molecule has 212 valence electrons. The van der Waals surface area contributed by atoms with Gasteiger partial charge in [-0.3, -0.25) is 9.59 Å². The molecule has 0 bridgehead atoms. The Labute approximate surface area is 220 Å².